The molecule has 6 heteroatoms. The van der Waals surface area contributed by atoms with Crippen molar-refractivity contribution in [2.45, 2.75) is 51.1 Å². The summed E-state index contributed by atoms with van der Waals surface area (Å²) < 4.78 is 0. The van der Waals surface area contributed by atoms with E-state index in [2.05, 4.69) is 16.0 Å². The van der Waals surface area contributed by atoms with Crippen LogP contribution in [-0.4, -0.2) is 32.9 Å². The molecule has 1 fully saturated rings. The third kappa shape index (κ3) is 3.13. The van der Waals surface area contributed by atoms with E-state index in [1.54, 1.807) is 12.1 Å². The Morgan fingerprint density at radius 2 is 1.93 bits per heavy atom. The van der Waals surface area contributed by atoms with Crippen LogP contribution < -0.4 is 0 Å². The molecular formula is C21H22N4OS. The zero-order valence-electron chi connectivity index (χ0n) is 15.3. The number of benzene rings is 1. The molecule has 1 aromatic carbocycles. The summed E-state index contributed by atoms with van der Waals surface area (Å²) >= 11 is 1.45. The van der Waals surface area contributed by atoms with E-state index in [1.807, 2.05) is 24.4 Å². The van der Waals surface area contributed by atoms with E-state index < -0.39 is 0 Å². The van der Waals surface area contributed by atoms with Crippen LogP contribution in [0, 0.1) is 16.7 Å². The molecule has 2 heterocycles. The molecule has 1 aromatic heterocycles. The Kier molecular flexibility index (Phi) is 4.71. The first kappa shape index (κ1) is 17.7. The molecule has 1 atom stereocenters. The van der Waals surface area contributed by atoms with Crippen molar-refractivity contribution in [3.8, 4) is 17.3 Å². The quantitative estimate of drug-likeness (QED) is 0.790. The predicted octanol–water partition coefficient (Wildman–Crippen LogP) is 4.96. The minimum absolute atomic E-state index is 0.169. The Morgan fingerprint density at radius 3 is 2.59 bits per heavy atom. The lowest BCUT2D eigenvalue weighted by Crippen LogP contribution is -2.43. The maximum absolute atomic E-state index is 10.8. The Morgan fingerprint density at radius 1 is 1.22 bits per heavy atom. The number of aliphatic hydroxyl groups excluding tert-OH is 1. The van der Waals surface area contributed by atoms with Gasteiger partial charge in [0.1, 0.15) is 16.6 Å². The van der Waals surface area contributed by atoms with E-state index >= 15 is 0 Å². The Hall–Kier alpha value is -2.65. The summed E-state index contributed by atoms with van der Waals surface area (Å²) in [5, 5.41) is 31.0. The second-order valence-electron chi connectivity index (χ2n) is 7.21. The van der Waals surface area contributed by atoms with Crippen molar-refractivity contribution in [1.29, 1.82) is 10.7 Å². The van der Waals surface area contributed by atoms with Gasteiger partial charge in [-0.2, -0.15) is 5.26 Å². The average molecular weight is 379 g/mol. The molecule has 1 aliphatic carbocycles. The Balaban J connectivity index is 1.62. The molecule has 2 N–H and O–H groups in total. The van der Waals surface area contributed by atoms with Crippen LogP contribution in [0.5, 0.6) is 0 Å². The highest BCUT2D eigenvalue weighted by Gasteiger charge is 2.40. The summed E-state index contributed by atoms with van der Waals surface area (Å²) in [6.07, 6.45) is 5.82. The summed E-state index contributed by atoms with van der Waals surface area (Å²) in [4.78, 5) is 6.76. The average Bonchev–Trinajstić information content (AvgIpc) is 3.26. The molecule has 1 saturated carbocycles. The molecule has 0 saturated heterocycles. The molecule has 2 aromatic rings. The third-order valence-corrected chi connectivity index (χ3v) is 6.42. The molecular weight excluding hydrogens is 356 g/mol. The van der Waals surface area contributed by atoms with Crippen LogP contribution >= 0.6 is 11.3 Å². The minimum Gasteiger partial charge on any atom is -0.509 e. The fourth-order valence-electron chi connectivity index (χ4n) is 4.09. The first-order chi connectivity index (χ1) is 13.1. The molecule has 5 nitrogen and oxygen atoms in total. The highest BCUT2D eigenvalue weighted by atomic mass is 32.1. The lowest BCUT2D eigenvalue weighted by atomic mass is 9.93. The maximum Gasteiger partial charge on any atom is 0.135 e. The first-order valence-electron chi connectivity index (χ1n) is 9.37. The number of aromatic nitrogens is 1. The van der Waals surface area contributed by atoms with Crippen molar-refractivity contribution < 1.29 is 5.11 Å². The molecule has 0 bridgehead atoms. The number of nitrogens with one attached hydrogen (secondary N) is 1. The largest absolute Gasteiger partial charge is 0.509 e. The highest BCUT2D eigenvalue weighted by Crippen LogP contribution is 2.38. The molecule has 0 radical (unpaired) electrons. The lowest BCUT2D eigenvalue weighted by Gasteiger charge is -2.35. The molecule has 0 spiro atoms. The van der Waals surface area contributed by atoms with Gasteiger partial charge in [-0.05, 0) is 31.9 Å². The number of nitrogens with zero attached hydrogens (tertiary/aromatic N) is 3. The first-order valence-corrected chi connectivity index (χ1v) is 10.2. The van der Waals surface area contributed by atoms with Crippen molar-refractivity contribution in [1.82, 2.24) is 9.88 Å². The van der Waals surface area contributed by atoms with E-state index in [0.717, 1.165) is 24.1 Å². The number of amidine groups is 1. The Bertz CT molecular complexity index is 932. The molecule has 0 amide bonds. The van der Waals surface area contributed by atoms with Crippen LogP contribution in [-0.2, 0) is 0 Å². The number of hydrogen-bond acceptors (Lipinski definition) is 5. The molecule has 1 aliphatic heterocycles. The molecule has 27 heavy (non-hydrogen) atoms. The standard InChI is InChI=1S/C21H22N4OS/c1-13-19(26)18(20(23)25(13)16-5-3-2-4-6-16)21-24-17(12-27-21)15-9-7-14(11-22)8-10-15/h7-10,12-13,16,23,26H,2-6H2,1H3/t13-/m0/s1. The van der Waals surface area contributed by atoms with Gasteiger partial charge >= 0.3 is 0 Å². The summed E-state index contributed by atoms with van der Waals surface area (Å²) in [6.45, 7) is 1.97. The van der Waals surface area contributed by atoms with Gasteiger partial charge in [0, 0.05) is 17.0 Å². The smallest absolute Gasteiger partial charge is 0.135 e. The van der Waals surface area contributed by atoms with Crippen LogP contribution in [0.4, 0.5) is 0 Å². The highest BCUT2D eigenvalue weighted by molar-refractivity contribution is 7.11. The van der Waals surface area contributed by atoms with Crippen molar-refractivity contribution in [3.05, 3.63) is 46.0 Å². The van der Waals surface area contributed by atoms with Crippen LogP contribution in [0.15, 0.2) is 35.4 Å². The van der Waals surface area contributed by atoms with Crippen molar-refractivity contribution in [2.75, 3.05) is 0 Å². The van der Waals surface area contributed by atoms with Gasteiger partial charge in [0.15, 0.2) is 0 Å². The molecule has 0 unspecified atom stereocenters. The summed E-state index contributed by atoms with van der Waals surface area (Å²) in [5.41, 5.74) is 2.91. The van der Waals surface area contributed by atoms with E-state index in [0.29, 0.717) is 28.0 Å². The van der Waals surface area contributed by atoms with Gasteiger partial charge in [0.05, 0.1) is 28.9 Å². The van der Waals surface area contributed by atoms with Gasteiger partial charge in [0.2, 0.25) is 0 Å². The third-order valence-electron chi connectivity index (χ3n) is 5.56. The summed E-state index contributed by atoms with van der Waals surface area (Å²) in [6, 6.07) is 9.58. The van der Waals surface area contributed by atoms with Gasteiger partial charge < -0.3 is 10.0 Å². The SMILES string of the molecule is C[C@H]1C(O)=C(c2nc(-c3ccc(C#N)cc3)cs2)C(=N)N1C1CCCCC1. The van der Waals surface area contributed by atoms with Crippen LogP contribution in [0.2, 0.25) is 0 Å². The zero-order chi connectivity index (χ0) is 19.0. The van der Waals surface area contributed by atoms with Gasteiger partial charge in [-0.1, -0.05) is 31.4 Å². The predicted molar refractivity (Wildman–Crippen MR) is 108 cm³/mol. The molecule has 2 aliphatic rings. The Labute approximate surface area is 163 Å². The summed E-state index contributed by atoms with van der Waals surface area (Å²) in [7, 11) is 0. The van der Waals surface area contributed by atoms with Crippen molar-refractivity contribution >= 4 is 22.7 Å². The molecule has 4 rings (SSSR count). The van der Waals surface area contributed by atoms with Gasteiger partial charge in [-0.15, -0.1) is 11.3 Å². The van der Waals surface area contributed by atoms with Gasteiger partial charge in [-0.25, -0.2) is 4.98 Å². The molecule has 138 valence electrons. The summed E-state index contributed by atoms with van der Waals surface area (Å²) in [5.74, 6) is 0.652. The van der Waals surface area contributed by atoms with Gasteiger partial charge in [-0.3, -0.25) is 5.41 Å². The van der Waals surface area contributed by atoms with E-state index in [4.69, 9.17) is 10.7 Å². The second-order valence-corrected chi connectivity index (χ2v) is 8.07. The zero-order valence-corrected chi connectivity index (χ0v) is 16.1. The minimum atomic E-state index is -0.169. The van der Waals surface area contributed by atoms with E-state index in [1.165, 1.54) is 30.6 Å². The normalized spacial score (nSPS) is 21.0. The second kappa shape index (κ2) is 7.16. The fraction of sp³-hybridized carbons (Fsp3) is 0.381. The van der Waals surface area contributed by atoms with Gasteiger partial charge in [0.25, 0.3) is 0 Å². The topological polar surface area (TPSA) is 84.0 Å². The van der Waals surface area contributed by atoms with E-state index in [-0.39, 0.29) is 11.8 Å². The number of thiazole rings is 1. The van der Waals surface area contributed by atoms with Crippen LogP contribution in [0.3, 0.4) is 0 Å². The monoisotopic (exact) mass is 378 g/mol. The fourth-order valence-corrected chi connectivity index (χ4v) is 4.97. The van der Waals surface area contributed by atoms with E-state index in [9.17, 15) is 5.11 Å². The number of hydrogen-bond donors (Lipinski definition) is 2. The number of rotatable bonds is 3. The number of nitriles is 1. The maximum atomic E-state index is 10.8. The lowest BCUT2D eigenvalue weighted by molar-refractivity contribution is 0.194. The van der Waals surface area contributed by atoms with Crippen molar-refractivity contribution in [2.24, 2.45) is 0 Å². The van der Waals surface area contributed by atoms with Crippen molar-refractivity contribution in [3.63, 3.8) is 0 Å². The van der Waals surface area contributed by atoms with Crippen LogP contribution in [0.1, 0.15) is 49.6 Å². The number of aliphatic hydroxyl groups is 1. The van der Waals surface area contributed by atoms with Crippen LogP contribution in [0.25, 0.3) is 16.8 Å².